The van der Waals surface area contributed by atoms with E-state index in [1.54, 1.807) is 18.5 Å². The van der Waals surface area contributed by atoms with Crippen LogP contribution in [0.5, 0.6) is 0 Å². The van der Waals surface area contributed by atoms with Gasteiger partial charge in [0, 0.05) is 11.9 Å². The zero-order chi connectivity index (χ0) is 13.8. The van der Waals surface area contributed by atoms with E-state index in [0.717, 1.165) is 5.69 Å². The Balaban J connectivity index is 2.39. The number of nitrogens with one attached hydrogen (secondary N) is 1. The predicted molar refractivity (Wildman–Crippen MR) is 76.6 cm³/mol. The maximum Gasteiger partial charge on any atom is 0.250 e. The number of rotatable bonds is 4. The van der Waals surface area contributed by atoms with Crippen molar-refractivity contribution in [1.29, 1.82) is 0 Å². The third-order valence-corrected chi connectivity index (χ3v) is 2.94. The molecule has 0 radical (unpaired) electrons. The van der Waals surface area contributed by atoms with E-state index in [1.165, 1.54) is 5.56 Å². The van der Waals surface area contributed by atoms with Gasteiger partial charge in [0.15, 0.2) is 0 Å². The third-order valence-electron chi connectivity index (χ3n) is 2.94. The molecule has 1 amide bonds. The number of carbonyl (C=O) groups excluding carboxylic acids is 1. The lowest BCUT2D eigenvalue weighted by Gasteiger charge is -2.15. The van der Waals surface area contributed by atoms with Crippen LogP contribution < -0.4 is 11.1 Å². The lowest BCUT2D eigenvalue weighted by Crippen LogP contribution is -2.13. The summed E-state index contributed by atoms with van der Waals surface area (Å²) in [6.45, 7) is 4.25. The number of nitrogens with two attached hydrogens (primary N) is 1. The molecular weight excluding hydrogens is 238 g/mol. The van der Waals surface area contributed by atoms with Crippen LogP contribution in [0.1, 0.15) is 35.7 Å². The molecule has 19 heavy (non-hydrogen) atoms. The van der Waals surface area contributed by atoms with Crippen LogP contribution in [0.2, 0.25) is 0 Å². The first-order chi connectivity index (χ1) is 9.09. The fraction of sp³-hybridized carbons (Fsp3) is 0.200. The minimum Gasteiger partial charge on any atom is -0.366 e. The zero-order valence-electron chi connectivity index (χ0n) is 11.1. The van der Waals surface area contributed by atoms with Crippen LogP contribution in [-0.2, 0) is 0 Å². The molecule has 0 aliphatic rings. The highest BCUT2D eigenvalue weighted by Crippen LogP contribution is 2.27. The largest absolute Gasteiger partial charge is 0.366 e. The molecule has 0 atom stereocenters. The van der Waals surface area contributed by atoms with Gasteiger partial charge in [-0.05, 0) is 23.6 Å². The summed E-state index contributed by atoms with van der Waals surface area (Å²) in [5, 5.41) is 3.24. The second-order valence-corrected chi connectivity index (χ2v) is 4.65. The van der Waals surface area contributed by atoms with Crippen LogP contribution in [-0.4, -0.2) is 10.9 Å². The van der Waals surface area contributed by atoms with Crippen LogP contribution in [0.25, 0.3) is 0 Å². The van der Waals surface area contributed by atoms with E-state index < -0.39 is 5.91 Å². The number of carbonyl (C=O) groups is 1. The number of pyridine rings is 1. The molecule has 4 nitrogen and oxygen atoms in total. The number of para-hydroxylation sites is 1. The molecule has 2 rings (SSSR count). The topological polar surface area (TPSA) is 68.0 Å². The molecule has 0 bridgehead atoms. The van der Waals surface area contributed by atoms with Gasteiger partial charge in [0.1, 0.15) is 0 Å². The van der Waals surface area contributed by atoms with Crippen molar-refractivity contribution in [3.05, 3.63) is 53.9 Å². The van der Waals surface area contributed by atoms with Gasteiger partial charge in [-0.25, -0.2) is 0 Å². The van der Waals surface area contributed by atoms with Crippen molar-refractivity contribution in [3.8, 4) is 0 Å². The molecule has 1 aromatic heterocycles. The minimum atomic E-state index is -0.466. The van der Waals surface area contributed by atoms with E-state index in [4.69, 9.17) is 5.73 Å². The Hall–Kier alpha value is -2.36. The molecule has 0 unspecified atom stereocenters. The summed E-state index contributed by atoms with van der Waals surface area (Å²) in [7, 11) is 0. The maximum absolute atomic E-state index is 11.4. The predicted octanol–water partition coefficient (Wildman–Crippen LogP) is 3.05. The first-order valence-corrected chi connectivity index (χ1v) is 6.19. The van der Waals surface area contributed by atoms with E-state index in [0.29, 0.717) is 17.2 Å². The van der Waals surface area contributed by atoms with Crippen molar-refractivity contribution in [2.24, 2.45) is 5.73 Å². The third kappa shape index (κ3) is 2.91. The minimum absolute atomic E-state index is 0.386. The van der Waals surface area contributed by atoms with Crippen molar-refractivity contribution in [2.45, 2.75) is 19.8 Å². The molecule has 3 N–H and O–H groups in total. The fourth-order valence-electron chi connectivity index (χ4n) is 1.97. The van der Waals surface area contributed by atoms with Crippen molar-refractivity contribution in [3.63, 3.8) is 0 Å². The van der Waals surface area contributed by atoms with Gasteiger partial charge in [-0.15, -0.1) is 0 Å². The van der Waals surface area contributed by atoms with Crippen LogP contribution in [0.4, 0.5) is 11.4 Å². The van der Waals surface area contributed by atoms with Gasteiger partial charge in [-0.3, -0.25) is 9.78 Å². The lowest BCUT2D eigenvalue weighted by molar-refractivity contribution is 0.100. The smallest absolute Gasteiger partial charge is 0.250 e. The summed E-state index contributed by atoms with van der Waals surface area (Å²) >= 11 is 0. The molecule has 0 aliphatic heterocycles. The zero-order valence-corrected chi connectivity index (χ0v) is 11.1. The SMILES string of the molecule is CC(C)c1ccccc1Nc1cnccc1C(N)=O. The molecule has 0 saturated heterocycles. The summed E-state index contributed by atoms with van der Waals surface area (Å²) in [6, 6.07) is 9.61. The van der Waals surface area contributed by atoms with Gasteiger partial charge < -0.3 is 11.1 Å². The average Bonchev–Trinajstić information content (AvgIpc) is 2.39. The van der Waals surface area contributed by atoms with Gasteiger partial charge >= 0.3 is 0 Å². The Kier molecular flexibility index (Phi) is 3.80. The molecule has 1 aromatic carbocycles. The van der Waals surface area contributed by atoms with E-state index in [1.807, 2.05) is 18.2 Å². The standard InChI is InChI=1S/C15H17N3O/c1-10(2)11-5-3-4-6-13(11)18-14-9-17-8-7-12(14)15(16)19/h3-10,18H,1-2H3,(H2,16,19). The molecule has 0 fully saturated rings. The Morgan fingerprint density at radius 2 is 1.95 bits per heavy atom. The summed E-state index contributed by atoms with van der Waals surface area (Å²) in [6.07, 6.45) is 3.16. The van der Waals surface area contributed by atoms with Crippen LogP contribution in [0, 0.1) is 0 Å². The number of anilines is 2. The van der Waals surface area contributed by atoms with Gasteiger partial charge in [0.2, 0.25) is 0 Å². The van der Waals surface area contributed by atoms with Gasteiger partial charge in [0.25, 0.3) is 5.91 Å². The van der Waals surface area contributed by atoms with Crippen LogP contribution in [0.15, 0.2) is 42.7 Å². The molecule has 0 spiro atoms. The number of benzene rings is 1. The molecule has 98 valence electrons. The lowest BCUT2D eigenvalue weighted by atomic mass is 10.0. The first kappa shape index (κ1) is 13.1. The number of nitrogens with zero attached hydrogens (tertiary/aromatic N) is 1. The van der Waals surface area contributed by atoms with Crippen molar-refractivity contribution in [1.82, 2.24) is 4.98 Å². The van der Waals surface area contributed by atoms with Crippen LogP contribution >= 0.6 is 0 Å². The molecule has 1 heterocycles. The fourth-order valence-corrected chi connectivity index (χ4v) is 1.97. The summed E-state index contributed by atoms with van der Waals surface area (Å²) in [5.41, 5.74) is 8.57. The summed E-state index contributed by atoms with van der Waals surface area (Å²) in [5.74, 6) is -0.0793. The van der Waals surface area contributed by atoms with E-state index >= 15 is 0 Å². The number of hydrogen-bond donors (Lipinski definition) is 2. The Bertz CT molecular complexity index is 593. The molecule has 0 aliphatic carbocycles. The normalized spacial score (nSPS) is 10.5. The van der Waals surface area contributed by atoms with Gasteiger partial charge in [0.05, 0.1) is 17.4 Å². The highest BCUT2D eigenvalue weighted by molar-refractivity contribution is 5.99. The van der Waals surface area contributed by atoms with Gasteiger partial charge in [-0.1, -0.05) is 32.0 Å². The second-order valence-electron chi connectivity index (χ2n) is 4.65. The highest BCUT2D eigenvalue weighted by atomic mass is 16.1. The van der Waals surface area contributed by atoms with E-state index in [-0.39, 0.29) is 0 Å². The van der Waals surface area contributed by atoms with E-state index in [2.05, 4.69) is 30.2 Å². The molecule has 4 heteroatoms. The summed E-state index contributed by atoms with van der Waals surface area (Å²) in [4.78, 5) is 15.4. The maximum atomic E-state index is 11.4. The number of hydrogen-bond acceptors (Lipinski definition) is 3. The quantitative estimate of drug-likeness (QED) is 0.882. The highest BCUT2D eigenvalue weighted by Gasteiger charge is 2.11. The monoisotopic (exact) mass is 255 g/mol. The van der Waals surface area contributed by atoms with E-state index in [9.17, 15) is 4.79 Å². The Morgan fingerprint density at radius 1 is 1.21 bits per heavy atom. The van der Waals surface area contributed by atoms with Crippen molar-refractivity contribution in [2.75, 3.05) is 5.32 Å². The average molecular weight is 255 g/mol. The van der Waals surface area contributed by atoms with Gasteiger partial charge in [-0.2, -0.15) is 0 Å². The first-order valence-electron chi connectivity index (χ1n) is 6.19. The number of primary amides is 1. The Morgan fingerprint density at radius 3 is 2.63 bits per heavy atom. The second kappa shape index (κ2) is 5.52. The van der Waals surface area contributed by atoms with Crippen molar-refractivity contribution >= 4 is 17.3 Å². The molecule has 0 saturated carbocycles. The van der Waals surface area contributed by atoms with Crippen molar-refractivity contribution < 1.29 is 4.79 Å². The molecule has 2 aromatic rings. The summed E-state index contributed by atoms with van der Waals surface area (Å²) < 4.78 is 0. The Labute approximate surface area is 112 Å². The van der Waals surface area contributed by atoms with Crippen LogP contribution in [0.3, 0.4) is 0 Å². The molecular formula is C15H17N3O. The number of aromatic nitrogens is 1. The number of amides is 1.